The van der Waals surface area contributed by atoms with Crippen molar-refractivity contribution in [3.05, 3.63) is 0 Å². The lowest BCUT2D eigenvalue weighted by molar-refractivity contribution is -0.117. The summed E-state index contributed by atoms with van der Waals surface area (Å²) in [4.78, 5) is 21.3. The van der Waals surface area contributed by atoms with Crippen molar-refractivity contribution in [1.82, 2.24) is 10.6 Å². The monoisotopic (exact) mass is 187 g/mol. The van der Waals surface area contributed by atoms with Gasteiger partial charge in [-0.15, -0.1) is 0 Å². The van der Waals surface area contributed by atoms with Crippen LogP contribution >= 0.6 is 0 Å². The zero-order valence-corrected chi connectivity index (χ0v) is 7.21. The summed E-state index contributed by atoms with van der Waals surface area (Å²) in [7, 11) is 0. The molecule has 0 saturated carbocycles. The highest BCUT2D eigenvalue weighted by Gasteiger charge is 2.17. The summed E-state index contributed by atoms with van der Waals surface area (Å²) in [6, 6.07) is -0.331. The third-order valence-electron chi connectivity index (χ3n) is 1.69. The first-order chi connectivity index (χ1) is 6.18. The van der Waals surface area contributed by atoms with Crippen LogP contribution in [-0.4, -0.2) is 37.7 Å². The lowest BCUT2D eigenvalue weighted by Gasteiger charge is -2.10. The van der Waals surface area contributed by atoms with E-state index in [9.17, 15) is 9.59 Å². The maximum atomic E-state index is 11.0. The van der Waals surface area contributed by atoms with Crippen molar-refractivity contribution in [3.8, 4) is 0 Å². The van der Waals surface area contributed by atoms with Crippen molar-refractivity contribution in [2.75, 3.05) is 19.8 Å². The lowest BCUT2D eigenvalue weighted by atomic mass is 10.3. The predicted molar refractivity (Wildman–Crippen MR) is 45.0 cm³/mol. The summed E-state index contributed by atoms with van der Waals surface area (Å²) in [5, 5.41) is 4.98. The minimum Gasteiger partial charge on any atom is -0.379 e. The second-order valence-electron chi connectivity index (χ2n) is 2.85. The first-order valence-electron chi connectivity index (χ1n) is 4.09. The molecule has 0 radical (unpaired) electrons. The van der Waals surface area contributed by atoms with Crippen LogP contribution in [-0.2, 0) is 9.53 Å². The first-order valence-corrected chi connectivity index (χ1v) is 4.09. The zero-order valence-electron chi connectivity index (χ0n) is 7.21. The van der Waals surface area contributed by atoms with Crippen molar-refractivity contribution >= 4 is 11.9 Å². The largest absolute Gasteiger partial charge is 0.379 e. The van der Waals surface area contributed by atoms with Gasteiger partial charge < -0.3 is 21.1 Å². The molecule has 1 rings (SSSR count). The molecule has 13 heavy (non-hydrogen) atoms. The van der Waals surface area contributed by atoms with Gasteiger partial charge in [0.25, 0.3) is 0 Å². The van der Waals surface area contributed by atoms with Gasteiger partial charge in [0.15, 0.2) is 0 Å². The maximum absolute atomic E-state index is 11.0. The van der Waals surface area contributed by atoms with Crippen molar-refractivity contribution < 1.29 is 14.3 Å². The molecule has 1 heterocycles. The molecule has 1 aliphatic heterocycles. The van der Waals surface area contributed by atoms with Crippen LogP contribution in [0.4, 0.5) is 4.79 Å². The van der Waals surface area contributed by atoms with E-state index in [1.807, 2.05) is 0 Å². The van der Waals surface area contributed by atoms with E-state index in [2.05, 4.69) is 10.6 Å². The van der Waals surface area contributed by atoms with E-state index in [4.69, 9.17) is 10.5 Å². The summed E-state index contributed by atoms with van der Waals surface area (Å²) < 4.78 is 5.05. The van der Waals surface area contributed by atoms with E-state index in [0.29, 0.717) is 13.2 Å². The molecule has 4 N–H and O–H groups in total. The number of ether oxygens (including phenoxy) is 1. The molecule has 0 aromatic carbocycles. The van der Waals surface area contributed by atoms with Crippen molar-refractivity contribution in [1.29, 1.82) is 0 Å². The third-order valence-corrected chi connectivity index (χ3v) is 1.69. The topological polar surface area (TPSA) is 93.5 Å². The molecule has 6 nitrogen and oxygen atoms in total. The molecule has 0 spiro atoms. The smallest absolute Gasteiger partial charge is 0.315 e. The number of carbonyl (C=O) groups is 2. The standard InChI is InChI=1S/C7H13N3O3/c8-6(11)3-9-7(12)10-5-1-2-13-4-5/h5H,1-4H2,(H2,8,11)(H2,9,10,12). The Labute approximate surface area is 75.8 Å². The number of carbonyl (C=O) groups excluding carboxylic acids is 2. The molecule has 3 amide bonds. The third kappa shape index (κ3) is 3.75. The predicted octanol–water partition coefficient (Wildman–Crippen LogP) is -1.44. The van der Waals surface area contributed by atoms with Gasteiger partial charge in [0, 0.05) is 6.61 Å². The minimum absolute atomic E-state index is 0.0490. The number of urea groups is 1. The number of nitrogens with one attached hydrogen (secondary N) is 2. The van der Waals surface area contributed by atoms with Crippen LogP contribution in [0.3, 0.4) is 0 Å². The average Bonchev–Trinajstić information content (AvgIpc) is 2.53. The normalized spacial score (nSPS) is 21.1. The van der Waals surface area contributed by atoms with Crippen LogP contribution in [0.25, 0.3) is 0 Å². The Morgan fingerprint density at radius 3 is 2.85 bits per heavy atom. The summed E-state index contributed by atoms with van der Waals surface area (Å²) >= 11 is 0. The number of hydrogen-bond donors (Lipinski definition) is 3. The highest BCUT2D eigenvalue weighted by Crippen LogP contribution is 2.02. The molecule has 6 heteroatoms. The summed E-state index contributed by atoms with van der Waals surface area (Å²) in [5.74, 6) is -0.558. The minimum atomic E-state index is -0.558. The number of primary amides is 1. The van der Waals surface area contributed by atoms with E-state index in [-0.39, 0.29) is 18.6 Å². The molecule has 0 aliphatic carbocycles. The van der Waals surface area contributed by atoms with Gasteiger partial charge >= 0.3 is 6.03 Å². The fourth-order valence-electron chi connectivity index (χ4n) is 1.05. The zero-order chi connectivity index (χ0) is 9.68. The molecule has 1 aliphatic rings. The summed E-state index contributed by atoms with van der Waals surface area (Å²) in [6.45, 7) is 1.06. The van der Waals surface area contributed by atoms with Gasteiger partial charge in [-0.3, -0.25) is 4.79 Å². The molecule has 1 saturated heterocycles. The van der Waals surface area contributed by atoms with Gasteiger partial charge in [0.1, 0.15) is 0 Å². The van der Waals surface area contributed by atoms with Gasteiger partial charge in [-0.2, -0.15) is 0 Å². The summed E-state index contributed by atoms with van der Waals surface area (Å²) in [5.41, 5.74) is 4.84. The van der Waals surface area contributed by atoms with Crippen LogP contribution in [0.2, 0.25) is 0 Å². The van der Waals surface area contributed by atoms with E-state index in [0.717, 1.165) is 6.42 Å². The number of amides is 3. The Balaban J connectivity index is 2.13. The van der Waals surface area contributed by atoms with Gasteiger partial charge in [0.05, 0.1) is 19.2 Å². The molecule has 1 unspecified atom stereocenters. The molecular formula is C7H13N3O3. The molecular weight excluding hydrogens is 174 g/mol. The number of nitrogens with two attached hydrogens (primary N) is 1. The molecule has 0 aromatic rings. The van der Waals surface area contributed by atoms with Crippen molar-refractivity contribution in [2.45, 2.75) is 12.5 Å². The van der Waals surface area contributed by atoms with Crippen molar-refractivity contribution in [3.63, 3.8) is 0 Å². The van der Waals surface area contributed by atoms with E-state index < -0.39 is 5.91 Å². The Bertz CT molecular complexity index is 201. The SMILES string of the molecule is NC(=O)CNC(=O)NC1CCOC1. The fraction of sp³-hybridized carbons (Fsp3) is 0.714. The van der Waals surface area contributed by atoms with Gasteiger partial charge in [0.2, 0.25) is 5.91 Å². The van der Waals surface area contributed by atoms with Gasteiger partial charge in [-0.25, -0.2) is 4.79 Å². The Morgan fingerprint density at radius 1 is 1.54 bits per heavy atom. The molecule has 1 fully saturated rings. The molecule has 1 atom stereocenters. The number of hydrogen-bond acceptors (Lipinski definition) is 3. The van der Waals surface area contributed by atoms with Crippen LogP contribution in [0.1, 0.15) is 6.42 Å². The lowest BCUT2D eigenvalue weighted by Crippen LogP contribution is -2.45. The highest BCUT2D eigenvalue weighted by molar-refractivity contribution is 5.82. The van der Waals surface area contributed by atoms with Gasteiger partial charge in [-0.05, 0) is 6.42 Å². The quantitative estimate of drug-likeness (QED) is 0.505. The highest BCUT2D eigenvalue weighted by atomic mass is 16.5. The second kappa shape index (κ2) is 4.66. The van der Waals surface area contributed by atoms with Gasteiger partial charge in [-0.1, -0.05) is 0 Å². The average molecular weight is 187 g/mol. The van der Waals surface area contributed by atoms with Crippen LogP contribution < -0.4 is 16.4 Å². The molecule has 74 valence electrons. The first kappa shape index (κ1) is 9.79. The van der Waals surface area contributed by atoms with E-state index >= 15 is 0 Å². The van der Waals surface area contributed by atoms with Crippen LogP contribution in [0.15, 0.2) is 0 Å². The van der Waals surface area contributed by atoms with E-state index in [1.54, 1.807) is 0 Å². The van der Waals surface area contributed by atoms with Crippen molar-refractivity contribution in [2.24, 2.45) is 5.73 Å². The Kier molecular flexibility index (Phi) is 3.51. The fourth-order valence-corrected chi connectivity index (χ4v) is 1.05. The van der Waals surface area contributed by atoms with Crippen LogP contribution in [0, 0.1) is 0 Å². The molecule has 0 bridgehead atoms. The van der Waals surface area contributed by atoms with E-state index in [1.165, 1.54) is 0 Å². The second-order valence-corrected chi connectivity index (χ2v) is 2.85. The molecule has 0 aromatic heterocycles. The Morgan fingerprint density at radius 2 is 2.31 bits per heavy atom. The Hall–Kier alpha value is -1.30. The number of rotatable bonds is 3. The summed E-state index contributed by atoms with van der Waals surface area (Å²) in [6.07, 6.45) is 0.810. The maximum Gasteiger partial charge on any atom is 0.315 e. The van der Waals surface area contributed by atoms with Crippen LogP contribution in [0.5, 0.6) is 0 Å².